The smallest absolute Gasteiger partial charge is 0.497 e. The maximum absolute atomic E-state index is 13.0. The predicted octanol–water partition coefficient (Wildman–Crippen LogP) is 6.20. The van der Waals surface area contributed by atoms with Crippen LogP contribution in [0.1, 0.15) is 51.9 Å². The maximum Gasteiger partial charge on any atom is 0.573 e. The number of nitrogens with zero attached hydrogens (tertiary/aromatic N) is 2. The lowest BCUT2D eigenvalue weighted by Crippen LogP contribution is -2.21. The van der Waals surface area contributed by atoms with Crippen LogP contribution in [0, 0.1) is 0 Å². The molecule has 1 aromatic heterocycles. The largest absolute Gasteiger partial charge is 0.573 e. The topological polar surface area (TPSA) is 56.3 Å². The Kier molecular flexibility index (Phi) is 9.68. The van der Waals surface area contributed by atoms with Gasteiger partial charge in [0.25, 0.3) is 0 Å². The number of hydrogen-bond acceptors (Lipinski definition) is 5. The fourth-order valence-corrected chi connectivity index (χ4v) is 3.05. The zero-order valence-corrected chi connectivity index (χ0v) is 18.7. The van der Waals surface area contributed by atoms with Gasteiger partial charge in [-0.2, -0.15) is 0 Å². The Morgan fingerprint density at radius 1 is 1.00 bits per heavy atom. The quantitative estimate of drug-likeness (QED) is 0.496. The minimum absolute atomic E-state index is 0. The van der Waals surface area contributed by atoms with Gasteiger partial charge in [-0.3, -0.25) is 0 Å². The molecule has 0 aliphatic carbocycles. The van der Waals surface area contributed by atoms with E-state index in [0.717, 1.165) is 12.8 Å². The number of aromatic nitrogens is 2. The molecule has 2 aromatic rings. The van der Waals surface area contributed by atoms with Crippen molar-refractivity contribution in [3.05, 3.63) is 29.6 Å². The van der Waals surface area contributed by atoms with E-state index in [1.165, 1.54) is 19.2 Å². The monoisotopic (exact) mass is 447 g/mol. The molecule has 0 fully saturated rings. The van der Waals surface area contributed by atoms with Crippen LogP contribution in [-0.2, 0) is 12.8 Å². The van der Waals surface area contributed by atoms with Gasteiger partial charge in [0.1, 0.15) is 17.3 Å². The molecule has 2 rings (SSSR count). The molecule has 0 amide bonds. The first-order valence-corrected chi connectivity index (χ1v) is 9.86. The van der Waals surface area contributed by atoms with E-state index in [2.05, 4.69) is 28.9 Å². The normalized spacial score (nSPS) is 11.2. The van der Waals surface area contributed by atoms with Gasteiger partial charge in [-0.1, -0.05) is 27.7 Å². The number of rotatable bonds is 9. The third-order valence-corrected chi connectivity index (χ3v) is 4.71. The molecule has 0 atom stereocenters. The number of aryl methyl sites for hydroxylation is 2. The third kappa shape index (κ3) is 6.39. The van der Waals surface area contributed by atoms with Crippen molar-refractivity contribution in [2.45, 2.75) is 65.8 Å². The molecule has 30 heavy (non-hydrogen) atoms. The first kappa shape index (κ1) is 25.8. The molecule has 0 radical (unpaired) electrons. The van der Waals surface area contributed by atoms with E-state index in [9.17, 15) is 13.2 Å². The van der Waals surface area contributed by atoms with E-state index < -0.39 is 6.36 Å². The summed E-state index contributed by atoms with van der Waals surface area (Å²) >= 11 is 0. The molecule has 0 saturated heterocycles. The number of nitrogens with one attached hydrogen (secondary N) is 1. The zero-order chi connectivity index (χ0) is 21.6. The first-order chi connectivity index (χ1) is 13.8. The minimum Gasteiger partial charge on any atom is -0.497 e. The summed E-state index contributed by atoms with van der Waals surface area (Å²) in [7, 11) is 1.39. The van der Waals surface area contributed by atoms with Crippen LogP contribution < -0.4 is 14.8 Å². The summed E-state index contributed by atoms with van der Waals surface area (Å²) in [5.41, 5.74) is 1.93. The number of hydrogen-bond donors (Lipinski definition) is 1. The van der Waals surface area contributed by atoms with Crippen LogP contribution in [0.4, 0.5) is 19.0 Å². The van der Waals surface area contributed by atoms with Crippen molar-refractivity contribution >= 4 is 18.2 Å². The average molecular weight is 448 g/mol. The van der Waals surface area contributed by atoms with Crippen molar-refractivity contribution in [2.75, 3.05) is 12.4 Å². The summed E-state index contributed by atoms with van der Waals surface area (Å²) in [6.45, 7) is 8.02. The van der Waals surface area contributed by atoms with E-state index in [0.29, 0.717) is 35.7 Å². The molecule has 0 aliphatic heterocycles. The summed E-state index contributed by atoms with van der Waals surface area (Å²) in [4.78, 5) is 9.40. The molecule has 1 N–H and O–H groups in total. The lowest BCUT2D eigenvalue weighted by Gasteiger charge is -2.20. The van der Waals surface area contributed by atoms with Crippen molar-refractivity contribution in [3.8, 4) is 22.8 Å². The Labute approximate surface area is 181 Å². The van der Waals surface area contributed by atoms with Gasteiger partial charge in [-0.25, -0.2) is 9.97 Å². The number of benzene rings is 1. The van der Waals surface area contributed by atoms with Crippen LogP contribution in [0.25, 0.3) is 11.3 Å². The second-order valence-electron chi connectivity index (χ2n) is 6.59. The number of anilines is 1. The fourth-order valence-electron chi connectivity index (χ4n) is 3.05. The maximum atomic E-state index is 13.0. The molecular weight excluding hydrogens is 419 g/mol. The highest BCUT2D eigenvalue weighted by atomic mass is 35.5. The first-order valence-electron chi connectivity index (χ1n) is 9.86. The molecule has 0 spiro atoms. The van der Waals surface area contributed by atoms with Crippen LogP contribution in [0.3, 0.4) is 0 Å². The molecule has 1 aromatic carbocycles. The highest BCUT2D eigenvalue weighted by Gasteiger charge is 2.33. The number of ether oxygens (including phenoxy) is 2. The van der Waals surface area contributed by atoms with Gasteiger partial charge in [0.05, 0.1) is 24.2 Å². The Morgan fingerprint density at radius 3 is 2.13 bits per heavy atom. The van der Waals surface area contributed by atoms with Crippen molar-refractivity contribution in [1.29, 1.82) is 0 Å². The van der Waals surface area contributed by atoms with Crippen LogP contribution in [0.2, 0.25) is 0 Å². The molecule has 0 unspecified atom stereocenters. The third-order valence-electron chi connectivity index (χ3n) is 4.71. The van der Waals surface area contributed by atoms with Gasteiger partial charge in [0, 0.05) is 17.7 Å². The summed E-state index contributed by atoms with van der Waals surface area (Å²) in [6, 6.07) is 4.58. The van der Waals surface area contributed by atoms with E-state index in [-0.39, 0.29) is 35.5 Å². The molecule has 0 aliphatic rings. The SMILES string of the molecule is CCc1nc(-c2ccc(OC)cc2OC(F)(F)F)c(CC)nc1NC(CC)CC.Cl. The summed E-state index contributed by atoms with van der Waals surface area (Å²) in [5, 5.41) is 3.42. The van der Waals surface area contributed by atoms with Gasteiger partial charge in [-0.15, -0.1) is 25.6 Å². The Morgan fingerprint density at radius 2 is 1.63 bits per heavy atom. The lowest BCUT2D eigenvalue weighted by atomic mass is 10.1. The Bertz CT molecular complexity index is 828. The van der Waals surface area contributed by atoms with Gasteiger partial charge in [0.15, 0.2) is 0 Å². The minimum atomic E-state index is -4.83. The molecule has 1 heterocycles. The molecular formula is C21H29ClF3N3O2. The fraction of sp³-hybridized carbons (Fsp3) is 0.524. The Hall–Kier alpha value is -2.22. The van der Waals surface area contributed by atoms with Gasteiger partial charge >= 0.3 is 6.36 Å². The second kappa shape index (κ2) is 11.2. The highest BCUT2D eigenvalue weighted by Crippen LogP contribution is 2.38. The number of methoxy groups -OCH3 is 1. The van der Waals surface area contributed by atoms with Crippen LogP contribution in [0.5, 0.6) is 11.5 Å². The molecule has 168 valence electrons. The average Bonchev–Trinajstić information content (AvgIpc) is 2.70. The van der Waals surface area contributed by atoms with Gasteiger partial charge < -0.3 is 14.8 Å². The van der Waals surface area contributed by atoms with Crippen molar-refractivity contribution in [1.82, 2.24) is 9.97 Å². The Balaban J connectivity index is 0.00000450. The van der Waals surface area contributed by atoms with Crippen LogP contribution in [0.15, 0.2) is 18.2 Å². The second-order valence-corrected chi connectivity index (χ2v) is 6.59. The van der Waals surface area contributed by atoms with E-state index in [4.69, 9.17) is 9.72 Å². The number of alkyl halides is 3. The summed E-state index contributed by atoms with van der Waals surface area (Å²) < 4.78 is 48.3. The number of halogens is 4. The molecule has 0 bridgehead atoms. The molecule has 9 heteroatoms. The lowest BCUT2D eigenvalue weighted by molar-refractivity contribution is -0.274. The molecule has 0 saturated carbocycles. The van der Waals surface area contributed by atoms with E-state index in [1.807, 2.05) is 13.8 Å². The van der Waals surface area contributed by atoms with Gasteiger partial charge in [-0.05, 0) is 37.8 Å². The van der Waals surface area contributed by atoms with Crippen LogP contribution in [-0.4, -0.2) is 29.5 Å². The van der Waals surface area contributed by atoms with Crippen molar-refractivity contribution < 1.29 is 22.6 Å². The van der Waals surface area contributed by atoms with Crippen molar-refractivity contribution in [2.24, 2.45) is 0 Å². The highest BCUT2D eigenvalue weighted by molar-refractivity contribution is 5.85. The van der Waals surface area contributed by atoms with Crippen LogP contribution >= 0.6 is 12.4 Å². The summed E-state index contributed by atoms with van der Waals surface area (Å²) in [6.07, 6.45) is -1.84. The zero-order valence-electron chi connectivity index (χ0n) is 17.9. The summed E-state index contributed by atoms with van der Waals surface area (Å²) in [5.74, 6) is 0.596. The van der Waals surface area contributed by atoms with Crippen molar-refractivity contribution in [3.63, 3.8) is 0 Å². The molecule has 5 nitrogen and oxygen atoms in total. The van der Waals surface area contributed by atoms with Gasteiger partial charge in [0.2, 0.25) is 0 Å². The van der Waals surface area contributed by atoms with E-state index >= 15 is 0 Å². The standard InChI is InChI=1S/C21H28F3N3O2.ClH/c1-6-13(7-2)25-20-17(9-4)26-19(16(8-3)27-20)15-11-10-14(28-5)12-18(15)29-21(22,23)24;/h10-13H,6-9H2,1-5H3,(H,25,27);1H. The van der Waals surface area contributed by atoms with E-state index in [1.54, 1.807) is 6.07 Å². The predicted molar refractivity (Wildman–Crippen MR) is 115 cm³/mol.